The number of hydrogen-bond acceptors (Lipinski definition) is 5. The van der Waals surface area contributed by atoms with E-state index in [1.54, 1.807) is 10.9 Å². The van der Waals surface area contributed by atoms with Crippen LogP contribution in [0.1, 0.15) is 23.9 Å². The van der Waals surface area contributed by atoms with Gasteiger partial charge < -0.3 is 9.88 Å². The highest BCUT2D eigenvalue weighted by Gasteiger charge is 2.30. The Kier molecular flexibility index (Phi) is 3.50. The van der Waals surface area contributed by atoms with E-state index in [0.717, 1.165) is 5.82 Å². The lowest BCUT2D eigenvalue weighted by molar-refractivity contribution is 0.475. The largest absolute Gasteiger partial charge is 0.320 e. The lowest BCUT2D eigenvalue weighted by Gasteiger charge is -2.26. The molecular weight excluding hydrogens is 295 g/mol. The molecule has 0 aliphatic carbocycles. The maximum Gasteiger partial charge on any atom is 0.178 e. The Morgan fingerprint density at radius 3 is 3.00 bits per heavy atom. The lowest BCUT2D eigenvalue weighted by atomic mass is 10.0. The van der Waals surface area contributed by atoms with Crippen LogP contribution in [0.3, 0.4) is 0 Å². The Labute approximate surface area is 121 Å². The minimum atomic E-state index is -3.31. The number of hydrogen-bond donors (Lipinski definition) is 1. The fourth-order valence-electron chi connectivity index (χ4n) is 2.51. The van der Waals surface area contributed by atoms with Gasteiger partial charge in [0, 0.05) is 13.1 Å². The van der Waals surface area contributed by atoms with Gasteiger partial charge in [0.05, 0.1) is 17.2 Å². The maximum absolute atomic E-state index is 13.4. The van der Waals surface area contributed by atoms with Crippen molar-refractivity contribution in [3.63, 3.8) is 0 Å². The Bertz CT molecular complexity index is 772. The van der Waals surface area contributed by atoms with Crippen LogP contribution in [0.4, 0.5) is 4.39 Å². The van der Waals surface area contributed by atoms with Gasteiger partial charge in [0.15, 0.2) is 9.84 Å². The van der Waals surface area contributed by atoms with Gasteiger partial charge in [0.25, 0.3) is 0 Å². The van der Waals surface area contributed by atoms with Crippen LogP contribution >= 0.6 is 0 Å². The highest BCUT2D eigenvalue weighted by atomic mass is 32.2. The Morgan fingerprint density at radius 1 is 1.48 bits per heavy atom. The Hall–Kier alpha value is -1.80. The number of nitrogens with one attached hydrogen (secondary N) is 1. The van der Waals surface area contributed by atoms with E-state index in [-0.39, 0.29) is 16.7 Å². The zero-order valence-corrected chi connectivity index (χ0v) is 12.3. The SMILES string of the molecule is Cn1cnnc1CNC1CCS(=O)(=O)c2ccc(F)cc21. The van der Waals surface area contributed by atoms with Gasteiger partial charge in [-0.1, -0.05) is 0 Å². The topological polar surface area (TPSA) is 76.9 Å². The van der Waals surface area contributed by atoms with Gasteiger partial charge >= 0.3 is 0 Å². The fourth-order valence-corrected chi connectivity index (χ4v) is 4.11. The van der Waals surface area contributed by atoms with E-state index in [2.05, 4.69) is 15.5 Å². The lowest BCUT2D eigenvalue weighted by Crippen LogP contribution is -2.30. The standard InChI is InChI=1S/C13H15FN4O2S/c1-18-8-16-17-13(18)7-15-11-4-5-21(19,20)12-3-2-9(14)6-10(11)12/h2-3,6,8,11,15H,4-5,7H2,1H3. The molecule has 1 aromatic carbocycles. The summed E-state index contributed by atoms with van der Waals surface area (Å²) in [6, 6.07) is 3.61. The zero-order chi connectivity index (χ0) is 15.0. The Morgan fingerprint density at radius 2 is 2.29 bits per heavy atom. The molecule has 1 aromatic heterocycles. The van der Waals surface area contributed by atoms with Crippen LogP contribution in [0.25, 0.3) is 0 Å². The van der Waals surface area contributed by atoms with Crippen LogP contribution in [-0.4, -0.2) is 28.9 Å². The van der Waals surface area contributed by atoms with Crippen LogP contribution in [-0.2, 0) is 23.4 Å². The first-order chi connectivity index (χ1) is 9.97. The van der Waals surface area contributed by atoms with Crippen molar-refractivity contribution in [3.05, 3.63) is 41.7 Å². The van der Waals surface area contributed by atoms with Gasteiger partial charge in [-0.25, -0.2) is 12.8 Å². The van der Waals surface area contributed by atoms with Gasteiger partial charge in [0.2, 0.25) is 0 Å². The third-order valence-corrected chi connectivity index (χ3v) is 5.48. The molecule has 2 aromatic rings. The van der Waals surface area contributed by atoms with Gasteiger partial charge in [0.1, 0.15) is 18.0 Å². The van der Waals surface area contributed by atoms with Crippen LogP contribution in [0.2, 0.25) is 0 Å². The molecule has 2 heterocycles. The van der Waals surface area contributed by atoms with E-state index in [1.807, 2.05) is 7.05 Å². The molecule has 0 radical (unpaired) electrons. The van der Waals surface area contributed by atoms with Crippen molar-refractivity contribution in [1.29, 1.82) is 0 Å². The summed E-state index contributed by atoms with van der Waals surface area (Å²) in [5.74, 6) is 0.361. The van der Waals surface area contributed by atoms with Crippen LogP contribution in [0, 0.1) is 5.82 Å². The van der Waals surface area contributed by atoms with Crippen molar-refractivity contribution in [2.45, 2.75) is 23.9 Å². The average molecular weight is 310 g/mol. The van der Waals surface area contributed by atoms with Crippen molar-refractivity contribution in [2.24, 2.45) is 7.05 Å². The Balaban J connectivity index is 1.88. The molecule has 112 valence electrons. The predicted octanol–water partition coefficient (Wildman–Crippen LogP) is 0.962. The molecule has 1 atom stereocenters. The smallest absolute Gasteiger partial charge is 0.178 e. The van der Waals surface area contributed by atoms with Crippen molar-refractivity contribution in [3.8, 4) is 0 Å². The highest BCUT2D eigenvalue weighted by molar-refractivity contribution is 7.91. The summed E-state index contributed by atoms with van der Waals surface area (Å²) in [5, 5.41) is 11.0. The summed E-state index contributed by atoms with van der Waals surface area (Å²) in [6.07, 6.45) is 2.01. The maximum atomic E-state index is 13.4. The van der Waals surface area contributed by atoms with E-state index in [0.29, 0.717) is 18.5 Å². The number of aromatic nitrogens is 3. The van der Waals surface area contributed by atoms with Crippen molar-refractivity contribution in [1.82, 2.24) is 20.1 Å². The first kappa shape index (κ1) is 14.2. The molecule has 0 saturated heterocycles. The number of nitrogens with zero attached hydrogens (tertiary/aromatic N) is 3. The van der Waals surface area contributed by atoms with Gasteiger partial charge in [-0.2, -0.15) is 0 Å². The molecule has 8 heteroatoms. The van der Waals surface area contributed by atoms with Crippen molar-refractivity contribution < 1.29 is 12.8 Å². The van der Waals surface area contributed by atoms with Crippen LogP contribution in [0.5, 0.6) is 0 Å². The summed E-state index contributed by atoms with van der Waals surface area (Å²) >= 11 is 0. The molecule has 1 aliphatic rings. The van der Waals surface area contributed by atoms with Gasteiger partial charge in [-0.3, -0.25) is 0 Å². The molecule has 1 N–H and O–H groups in total. The first-order valence-corrected chi connectivity index (χ1v) is 8.21. The summed E-state index contributed by atoms with van der Waals surface area (Å²) in [6.45, 7) is 0.442. The first-order valence-electron chi connectivity index (χ1n) is 6.56. The summed E-state index contributed by atoms with van der Waals surface area (Å²) in [5.41, 5.74) is 0.489. The molecule has 1 aliphatic heterocycles. The van der Waals surface area contributed by atoms with E-state index in [1.165, 1.54) is 18.2 Å². The quantitative estimate of drug-likeness (QED) is 0.855. The third kappa shape index (κ3) is 2.68. The summed E-state index contributed by atoms with van der Waals surface area (Å²) in [7, 11) is -1.48. The predicted molar refractivity (Wildman–Crippen MR) is 73.7 cm³/mol. The van der Waals surface area contributed by atoms with E-state index < -0.39 is 15.7 Å². The average Bonchev–Trinajstić information content (AvgIpc) is 2.83. The van der Waals surface area contributed by atoms with Crippen molar-refractivity contribution >= 4 is 9.84 Å². The molecule has 1 unspecified atom stereocenters. The summed E-state index contributed by atoms with van der Waals surface area (Å²) < 4.78 is 39.3. The zero-order valence-electron chi connectivity index (χ0n) is 11.5. The van der Waals surface area contributed by atoms with Gasteiger partial charge in [-0.15, -0.1) is 10.2 Å². The minimum Gasteiger partial charge on any atom is -0.320 e. The summed E-state index contributed by atoms with van der Waals surface area (Å²) in [4.78, 5) is 0.214. The van der Waals surface area contributed by atoms with Crippen LogP contribution < -0.4 is 5.32 Å². The molecule has 0 amide bonds. The monoisotopic (exact) mass is 310 g/mol. The fraction of sp³-hybridized carbons (Fsp3) is 0.385. The third-order valence-electron chi connectivity index (χ3n) is 3.67. The van der Waals surface area contributed by atoms with E-state index >= 15 is 0 Å². The van der Waals surface area contributed by atoms with E-state index in [4.69, 9.17) is 0 Å². The molecular formula is C13H15FN4O2S. The second kappa shape index (κ2) is 5.19. The number of benzene rings is 1. The minimum absolute atomic E-state index is 0.0577. The molecule has 0 bridgehead atoms. The number of halogens is 1. The van der Waals surface area contributed by atoms with Crippen LogP contribution in [0.15, 0.2) is 29.4 Å². The van der Waals surface area contributed by atoms with Gasteiger partial charge in [-0.05, 0) is 30.2 Å². The number of fused-ring (bicyclic) bond motifs is 1. The molecule has 0 fully saturated rings. The number of rotatable bonds is 3. The molecule has 0 saturated carbocycles. The second-order valence-corrected chi connectivity index (χ2v) is 7.16. The molecule has 0 spiro atoms. The van der Waals surface area contributed by atoms with E-state index in [9.17, 15) is 12.8 Å². The second-order valence-electron chi connectivity index (χ2n) is 5.08. The number of sulfone groups is 1. The normalized spacial score (nSPS) is 20.2. The highest BCUT2D eigenvalue weighted by Crippen LogP contribution is 2.32. The van der Waals surface area contributed by atoms with Crippen molar-refractivity contribution in [2.75, 3.05) is 5.75 Å². The molecule has 21 heavy (non-hydrogen) atoms. The molecule has 3 rings (SSSR count). The number of aryl methyl sites for hydroxylation is 1. The molecule has 6 nitrogen and oxygen atoms in total.